The van der Waals surface area contributed by atoms with Crippen LogP contribution in [0, 0.1) is 0 Å². The number of methoxy groups -OCH3 is 1. The van der Waals surface area contributed by atoms with Gasteiger partial charge in [-0.05, 0) is 0 Å². The standard InChI is InChI=1S/C31H54O26/c1-48-27-19(44)14(39)23(8(3-33)50-27)55-29-21(46)16(41)25(10(5-35)52-29)57-31-22(47)17(42)26(11(6-36)53-31)56-30-20(45)15(40)24(9(4-34)51-30)54-28-18(43)13(38)12(37)7(2-32)49-28/h7-47H,2-6H2,1H3/t7-,8-,9-,10-,11-,12-,13+,14-,15-,16-,17-,18-,19-,20-,21-,22-,23-,24-,25-,26-,27?,28+,29-,30+,31-/m0/s1. The SMILES string of the molecule is COC1O[C@@H](CO)[C@H](O[C@@H]2O[C@@H](CO)[C@H](O[C@@H]3O[C@@H](CO)[C@H](O[C@H]4O[C@@H](CO)[C@H](O[C@H]5O[C@@H](CO)[C@H](O)[C@@H](O)[C@@H]5O)[C@@H](O)[C@@H]4O)[C@@H](O)[C@@H]3O)[C@@H](O)[C@@H]2O)[C@@H](O)[C@@H]1O. The van der Waals surface area contributed by atoms with Crippen LogP contribution in [0.25, 0.3) is 0 Å². The lowest BCUT2D eigenvalue weighted by Gasteiger charge is -2.49. The molecule has 0 aromatic rings. The average Bonchev–Trinajstić information content (AvgIpc) is 3.21. The van der Waals surface area contributed by atoms with Crippen LogP contribution in [-0.2, 0) is 47.4 Å². The highest BCUT2D eigenvalue weighted by Crippen LogP contribution is 2.35. The fourth-order valence-electron chi connectivity index (χ4n) is 7.21. The topological polar surface area (TPSA) is 416 Å². The number of hydrogen-bond donors (Lipinski definition) is 16. The molecule has 26 heteroatoms. The minimum atomic E-state index is -2.10. The van der Waals surface area contributed by atoms with E-state index in [1.165, 1.54) is 7.11 Å². The Morgan fingerprint density at radius 2 is 0.526 bits per heavy atom. The molecule has 1 unspecified atom stereocenters. The van der Waals surface area contributed by atoms with Gasteiger partial charge in [0.2, 0.25) is 0 Å². The van der Waals surface area contributed by atoms with Gasteiger partial charge in [0, 0.05) is 7.11 Å². The molecular formula is C31H54O26. The van der Waals surface area contributed by atoms with Crippen molar-refractivity contribution in [2.24, 2.45) is 0 Å². The first-order valence-electron chi connectivity index (χ1n) is 18.0. The van der Waals surface area contributed by atoms with Gasteiger partial charge in [0.25, 0.3) is 0 Å². The van der Waals surface area contributed by atoms with Gasteiger partial charge in [-0.25, -0.2) is 0 Å². The molecule has 0 spiro atoms. The van der Waals surface area contributed by atoms with Gasteiger partial charge in [-0.2, -0.15) is 0 Å². The Morgan fingerprint density at radius 3 is 0.789 bits per heavy atom. The molecule has 0 aromatic carbocycles. The van der Waals surface area contributed by atoms with Gasteiger partial charge in [0.15, 0.2) is 31.5 Å². The maximum Gasteiger partial charge on any atom is 0.187 e. The molecule has 5 aliphatic rings. The van der Waals surface area contributed by atoms with Gasteiger partial charge in [0.05, 0.1) is 33.0 Å². The summed E-state index contributed by atoms with van der Waals surface area (Å²) in [6.07, 6.45) is -44.4. The molecular weight excluding hydrogens is 788 g/mol. The first kappa shape index (κ1) is 47.0. The monoisotopic (exact) mass is 842 g/mol. The van der Waals surface area contributed by atoms with Crippen molar-refractivity contribution < 1.29 is 129 Å². The summed E-state index contributed by atoms with van der Waals surface area (Å²) in [4.78, 5) is 0. The molecule has 5 saturated heterocycles. The first-order chi connectivity index (χ1) is 27.1. The van der Waals surface area contributed by atoms with Crippen molar-refractivity contribution in [3.05, 3.63) is 0 Å². The molecule has 57 heavy (non-hydrogen) atoms. The van der Waals surface area contributed by atoms with Crippen LogP contribution in [0.4, 0.5) is 0 Å². The van der Waals surface area contributed by atoms with E-state index in [1.54, 1.807) is 0 Å². The van der Waals surface area contributed by atoms with E-state index in [1.807, 2.05) is 0 Å². The predicted molar refractivity (Wildman–Crippen MR) is 171 cm³/mol. The average molecular weight is 843 g/mol. The van der Waals surface area contributed by atoms with Gasteiger partial charge < -0.3 is 129 Å². The van der Waals surface area contributed by atoms with Crippen molar-refractivity contribution in [1.82, 2.24) is 0 Å². The third kappa shape index (κ3) is 9.56. The lowest BCUT2D eigenvalue weighted by molar-refractivity contribution is -0.393. The Morgan fingerprint density at radius 1 is 0.298 bits per heavy atom. The molecule has 0 bridgehead atoms. The van der Waals surface area contributed by atoms with E-state index in [0.717, 1.165) is 0 Å². The molecule has 5 aliphatic heterocycles. The largest absolute Gasteiger partial charge is 0.394 e. The summed E-state index contributed by atoms with van der Waals surface area (Å²) >= 11 is 0. The molecule has 334 valence electrons. The van der Waals surface area contributed by atoms with Gasteiger partial charge in [0.1, 0.15) is 122 Å². The van der Waals surface area contributed by atoms with Gasteiger partial charge in [-0.15, -0.1) is 0 Å². The molecule has 0 aromatic heterocycles. The third-order valence-corrected chi connectivity index (χ3v) is 10.5. The fraction of sp³-hybridized carbons (Fsp3) is 1.00. The second-order valence-corrected chi connectivity index (χ2v) is 14.2. The molecule has 25 atom stereocenters. The summed E-state index contributed by atoms with van der Waals surface area (Å²) in [7, 11) is 1.17. The summed E-state index contributed by atoms with van der Waals surface area (Å²) < 4.78 is 54.6. The normalized spacial score (nSPS) is 52.5. The third-order valence-electron chi connectivity index (χ3n) is 10.5. The van der Waals surface area contributed by atoms with Crippen LogP contribution in [-0.4, -0.2) is 275 Å². The van der Waals surface area contributed by atoms with E-state index in [-0.39, 0.29) is 0 Å². The van der Waals surface area contributed by atoms with Gasteiger partial charge >= 0.3 is 0 Å². The number of aliphatic hydroxyl groups excluding tert-OH is 16. The molecule has 0 radical (unpaired) electrons. The minimum absolute atomic E-state index is 0.750. The number of aliphatic hydroxyl groups is 16. The zero-order valence-corrected chi connectivity index (χ0v) is 30.2. The zero-order valence-electron chi connectivity index (χ0n) is 30.2. The lowest BCUT2D eigenvalue weighted by atomic mass is 9.95. The molecule has 5 rings (SSSR count). The van der Waals surface area contributed by atoms with Crippen molar-refractivity contribution >= 4 is 0 Å². The molecule has 16 N–H and O–H groups in total. The van der Waals surface area contributed by atoms with E-state index in [9.17, 15) is 81.7 Å². The molecule has 5 fully saturated rings. The van der Waals surface area contributed by atoms with Crippen molar-refractivity contribution in [1.29, 1.82) is 0 Å². The fourth-order valence-corrected chi connectivity index (χ4v) is 7.21. The zero-order chi connectivity index (χ0) is 42.0. The molecule has 26 nitrogen and oxygen atoms in total. The minimum Gasteiger partial charge on any atom is -0.394 e. The maximum absolute atomic E-state index is 11.1. The Balaban J connectivity index is 1.22. The van der Waals surface area contributed by atoms with Crippen LogP contribution >= 0.6 is 0 Å². The Hall–Kier alpha value is -1.04. The van der Waals surface area contributed by atoms with Crippen LogP contribution in [0.1, 0.15) is 0 Å². The highest BCUT2D eigenvalue weighted by molar-refractivity contribution is 4.99. The first-order valence-corrected chi connectivity index (χ1v) is 18.0. The molecule has 0 amide bonds. The summed E-state index contributed by atoms with van der Waals surface area (Å²) in [5, 5.41) is 167. The van der Waals surface area contributed by atoms with E-state index in [4.69, 9.17) is 47.4 Å². The van der Waals surface area contributed by atoms with Crippen molar-refractivity contribution in [3.8, 4) is 0 Å². The van der Waals surface area contributed by atoms with Gasteiger partial charge in [-0.1, -0.05) is 0 Å². The van der Waals surface area contributed by atoms with Crippen molar-refractivity contribution in [2.75, 3.05) is 40.1 Å². The predicted octanol–water partition coefficient (Wildman–Crippen LogP) is -11.3. The number of rotatable bonds is 14. The summed E-state index contributed by atoms with van der Waals surface area (Å²) in [5.74, 6) is 0. The highest BCUT2D eigenvalue weighted by Gasteiger charge is 2.56. The molecule has 5 heterocycles. The molecule has 0 aliphatic carbocycles. The smallest absolute Gasteiger partial charge is 0.187 e. The summed E-state index contributed by atoms with van der Waals surface area (Å²) in [5.41, 5.74) is 0. The Kier molecular flexibility index (Phi) is 16.7. The second-order valence-electron chi connectivity index (χ2n) is 14.2. The van der Waals surface area contributed by atoms with Crippen molar-refractivity contribution in [2.45, 2.75) is 154 Å². The van der Waals surface area contributed by atoms with Crippen LogP contribution in [0.15, 0.2) is 0 Å². The van der Waals surface area contributed by atoms with Crippen LogP contribution in [0.2, 0.25) is 0 Å². The van der Waals surface area contributed by atoms with Crippen LogP contribution < -0.4 is 0 Å². The van der Waals surface area contributed by atoms with Gasteiger partial charge in [-0.3, -0.25) is 0 Å². The van der Waals surface area contributed by atoms with E-state index >= 15 is 0 Å². The molecule has 0 saturated carbocycles. The Labute approximate surface area is 323 Å². The Bertz CT molecular complexity index is 1220. The van der Waals surface area contributed by atoms with Crippen molar-refractivity contribution in [3.63, 3.8) is 0 Å². The van der Waals surface area contributed by atoms with Crippen LogP contribution in [0.5, 0.6) is 0 Å². The highest BCUT2D eigenvalue weighted by atomic mass is 16.8. The quantitative estimate of drug-likeness (QED) is 0.0772. The van der Waals surface area contributed by atoms with E-state index in [0.29, 0.717) is 0 Å². The second kappa shape index (κ2) is 20.2. The summed E-state index contributed by atoms with van der Waals surface area (Å²) in [6, 6.07) is 0. The van der Waals surface area contributed by atoms with E-state index < -0.39 is 187 Å². The summed E-state index contributed by atoms with van der Waals surface area (Å²) in [6.45, 7) is -4.38. The van der Waals surface area contributed by atoms with Crippen LogP contribution in [0.3, 0.4) is 0 Å². The van der Waals surface area contributed by atoms with E-state index in [2.05, 4.69) is 0 Å². The number of ether oxygens (including phenoxy) is 10. The lowest BCUT2D eigenvalue weighted by Crippen LogP contribution is -2.68. The number of hydrogen-bond acceptors (Lipinski definition) is 26. The maximum atomic E-state index is 11.1.